The zero-order valence-electron chi connectivity index (χ0n) is 15.7. The van der Waals surface area contributed by atoms with Crippen LogP contribution in [0.5, 0.6) is 0 Å². The normalized spacial score (nSPS) is 11.0. The van der Waals surface area contributed by atoms with Crippen LogP contribution in [-0.4, -0.2) is 17.7 Å². The van der Waals surface area contributed by atoms with Gasteiger partial charge in [-0.3, -0.25) is 0 Å². The van der Waals surface area contributed by atoms with Gasteiger partial charge in [0.25, 0.3) is 0 Å². The number of hydrogen-bond acceptors (Lipinski definition) is 3. The maximum absolute atomic E-state index is 14.3. The third-order valence-corrected chi connectivity index (χ3v) is 4.64. The molecule has 8 heteroatoms. The molecule has 2 aromatic carbocycles. The minimum atomic E-state index is -0.739. The van der Waals surface area contributed by atoms with Crippen LogP contribution in [0.1, 0.15) is 11.3 Å². The molecule has 2 aromatic heterocycles. The minimum absolute atomic E-state index is 0.0245. The van der Waals surface area contributed by atoms with Crippen LogP contribution in [0.25, 0.3) is 22.2 Å². The quantitative estimate of drug-likeness (QED) is 0.449. The monoisotopic (exact) mass is 414 g/mol. The Bertz CT molecular complexity index is 1170. The van der Waals surface area contributed by atoms with Crippen LogP contribution in [0.15, 0.2) is 59.2 Å². The second kappa shape index (κ2) is 8.36. The minimum Gasteiger partial charge on any atom is -0.467 e. The molecule has 0 aliphatic rings. The largest absolute Gasteiger partial charge is 0.467 e. The molecular weight excluding hydrogens is 397 g/mol. The number of amides is 1. The van der Waals surface area contributed by atoms with Gasteiger partial charge in [-0.25, -0.2) is 18.0 Å². The third kappa shape index (κ3) is 4.17. The second-order valence-corrected chi connectivity index (χ2v) is 6.61. The zero-order valence-corrected chi connectivity index (χ0v) is 15.7. The second-order valence-electron chi connectivity index (χ2n) is 6.61. The van der Waals surface area contributed by atoms with E-state index in [2.05, 4.69) is 10.3 Å². The molecule has 0 fully saturated rings. The fourth-order valence-electron chi connectivity index (χ4n) is 3.27. The molecule has 0 unspecified atom stereocenters. The van der Waals surface area contributed by atoms with Crippen LogP contribution in [0.2, 0.25) is 0 Å². The average Bonchev–Trinajstić information content (AvgIpc) is 3.36. The van der Waals surface area contributed by atoms with Crippen molar-refractivity contribution in [1.82, 2.24) is 10.3 Å². The van der Waals surface area contributed by atoms with E-state index in [-0.39, 0.29) is 25.1 Å². The van der Waals surface area contributed by atoms with Crippen molar-refractivity contribution in [2.45, 2.75) is 13.0 Å². The van der Waals surface area contributed by atoms with E-state index in [0.29, 0.717) is 28.0 Å². The van der Waals surface area contributed by atoms with Gasteiger partial charge in [0.05, 0.1) is 24.9 Å². The zero-order chi connectivity index (χ0) is 21.1. The lowest BCUT2D eigenvalue weighted by Crippen LogP contribution is -2.24. The van der Waals surface area contributed by atoms with Crippen LogP contribution in [0.4, 0.5) is 18.0 Å². The van der Waals surface area contributed by atoms with Crippen molar-refractivity contribution in [3.8, 4) is 11.3 Å². The van der Waals surface area contributed by atoms with Gasteiger partial charge in [-0.1, -0.05) is 0 Å². The van der Waals surface area contributed by atoms with Crippen LogP contribution in [-0.2, 0) is 17.7 Å². The van der Waals surface area contributed by atoms with E-state index in [1.165, 1.54) is 36.6 Å². The molecule has 0 aliphatic heterocycles. The summed E-state index contributed by atoms with van der Waals surface area (Å²) in [6.45, 7) is 0.152. The van der Waals surface area contributed by atoms with E-state index in [0.717, 1.165) is 6.07 Å². The lowest BCUT2D eigenvalue weighted by molar-refractivity contribution is 0.146. The number of rotatable bonds is 6. The van der Waals surface area contributed by atoms with Crippen LogP contribution < -0.4 is 5.32 Å². The smallest absolute Gasteiger partial charge is 0.407 e. The van der Waals surface area contributed by atoms with Gasteiger partial charge in [-0.15, -0.1) is 0 Å². The highest BCUT2D eigenvalue weighted by Crippen LogP contribution is 2.33. The van der Waals surface area contributed by atoms with E-state index in [1.807, 2.05) is 0 Å². The van der Waals surface area contributed by atoms with Crippen molar-refractivity contribution in [3.63, 3.8) is 0 Å². The molecule has 2 heterocycles. The first-order chi connectivity index (χ1) is 14.5. The van der Waals surface area contributed by atoms with Crippen molar-refractivity contribution in [2.75, 3.05) is 6.61 Å². The molecule has 0 saturated heterocycles. The Hall–Kier alpha value is -3.68. The number of fused-ring (bicyclic) bond motifs is 1. The number of alkyl carbamates (subject to hydrolysis) is 1. The Kier molecular flexibility index (Phi) is 5.47. The van der Waals surface area contributed by atoms with Crippen molar-refractivity contribution in [1.29, 1.82) is 0 Å². The van der Waals surface area contributed by atoms with Crippen LogP contribution >= 0.6 is 0 Å². The summed E-state index contributed by atoms with van der Waals surface area (Å²) >= 11 is 0. The Morgan fingerprint density at radius 1 is 1.07 bits per heavy atom. The average molecular weight is 414 g/mol. The fraction of sp³-hybridized carbons (Fsp3) is 0.136. The number of aromatic amines is 1. The standard InChI is InChI=1S/C22H17F3N2O3/c23-14-5-3-13(4-6-14)20-17(18-10-15(24)11-19(25)21(18)27-20)7-9-30-22(28)26-12-16-2-1-8-29-16/h1-6,8,10-11,27H,7,9,12H2,(H,26,28). The molecule has 0 aliphatic carbocycles. The Balaban J connectivity index is 1.54. The number of benzene rings is 2. The molecule has 4 aromatic rings. The molecule has 0 bridgehead atoms. The highest BCUT2D eigenvalue weighted by molar-refractivity contribution is 5.91. The number of furan rings is 1. The summed E-state index contributed by atoms with van der Waals surface area (Å²) < 4.78 is 51.7. The lowest BCUT2D eigenvalue weighted by atomic mass is 10.0. The Morgan fingerprint density at radius 2 is 1.87 bits per heavy atom. The number of halogens is 3. The van der Waals surface area contributed by atoms with E-state index in [4.69, 9.17) is 9.15 Å². The Labute approximate surface area is 169 Å². The van der Waals surface area contributed by atoms with Crippen molar-refractivity contribution >= 4 is 17.0 Å². The SMILES string of the molecule is O=C(NCc1ccco1)OCCc1c(-c2ccc(F)cc2)[nH]c2c(F)cc(F)cc12. The molecule has 30 heavy (non-hydrogen) atoms. The van der Waals surface area contributed by atoms with Gasteiger partial charge in [0.1, 0.15) is 23.2 Å². The summed E-state index contributed by atoms with van der Waals surface area (Å²) in [5, 5.41) is 2.89. The molecule has 5 nitrogen and oxygen atoms in total. The number of aromatic nitrogens is 1. The topological polar surface area (TPSA) is 67.3 Å². The molecule has 154 valence electrons. The predicted octanol–water partition coefficient (Wildman–Crippen LogP) is 5.31. The maximum Gasteiger partial charge on any atom is 0.407 e. The van der Waals surface area contributed by atoms with E-state index < -0.39 is 23.5 Å². The number of carbonyl (C=O) groups excluding carboxylic acids is 1. The molecule has 4 rings (SSSR count). The predicted molar refractivity (Wildman–Crippen MR) is 104 cm³/mol. The highest BCUT2D eigenvalue weighted by atomic mass is 19.1. The van der Waals surface area contributed by atoms with Gasteiger partial charge in [0, 0.05) is 23.6 Å². The first-order valence-electron chi connectivity index (χ1n) is 9.20. The summed E-state index contributed by atoms with van der Waals surface area (Å²) in [5.41, 5.74) is 1.81. The molecule has 0 radical (unpaired) electrons. The summed E-state index contributed by atoms with van der Waals surface area (Å²) in [5.74, 6) is -1.29. The summed E-state index contributed by atoms with van der Waals surface area (Å²) in [6, 6.07) is 11.0. The number of nitrogens with one attached hydrogen (secondary N) is 2. The highest BCUT2D eigenvalue weighted by Gasteiger charge is 2.18. The number of H-pyrrole nitrogens is 1. The first kappa shape index (κ1) is 19.6. The van der Waals surface area contributed by atoms with Crippen molar-refractivity contribution in [3.05, 3.63) is 83.6 Å². The molecule has 0 saturated carbocycles. The summed E-state index contributed by atoms with van der Waals surface area (Å²) in [7, 11) is 0. The molecule has 1 amide bonds. The Morgan fingerprint density at radius 3 is 2.60 bits per heavy atom. The van der Waals surface area contributed by atoms with Crippen LogP contribution in [0.3, 0.4) is 0 Å². The fourth-order valence-corrected chi connectivity index (χ4v) is 3.27. The van der Waals surface area contributed by atoms with E-state index >= 15 is 0 Å². The molecular formula is C22H17F3N2O3. The summed E-state index contributed by atoms with van der Waals surface area (Å²) in [4.78, 5) is 14.8. The van der Waals surface area contributed by atoms with Gasteiger partial charge in [0.15, 0.2) is 0 Å². The van der Waals surface area contributed by atoms with Gasteiger partial charge in [-0.05, 0) is 53.6 Å². The van der Waals surface area contributed by atoms with Gasteiger partial charge in [0.2, 0.25) is 0 Å². The molecule has 0 atom stereocenters. The van der Waals surface area contributed by atoms with Gasteiger partial charge >= 0.3 is 6.09 Å². The van der Waals surface area contributed by atoms with Gasteiger partial charge in [-0.2, -0.15) is 0 Å². The maximum atomic E-state index is 14.3. The van der Waals surface area contributed by atoms with Crippen molar-refractivity contribution in [2.24, 2.45) is 0 Å². The number of ether oxygens (including phenoxy) is 1. The summed E-state index contributed by atoms with van der Waals surface area (Å²) in [6.07, 6.45) is 1.05. The number of carbonyl (C=O) groups is 1. The molecule has 0 spiro atoms. The number of hydrogen-bond donors (Lipinski definition) is 2. The van der Waals surface area contributed by atoms with E-state index in [9.17, 15) is 18.0 Å². The first-order valence-corrected chi connectivity index (χ1v) is 9.20. The van der Waals surface area contributed by atoms with E-state index in [1.54, 1.807) is 12.1 Å². The van der Waals surface area contributed by atoms with Crippen LogP contribution in [0, 0.1) is 17.5 Å². The third-order valence-electron chi connectivity index (χ3n) is 4.64. The van der Waals surface area contributed by atoms with Crippen molar-refractivity contribution < 1.29 is 27.1 Å². The lowest BCUT2D eigenvalue weighted by Gasteiger charge is -2.08. The molecule has 2 N–H and O–H groups in total. The van der Waals surface area contributed by atoms with Gasteiger partial charge < -0.3 is 19.5 Å².